The third-order valence-corrected chi connectivity index (χ3v) is 3.89. The fourth-order valence-electron chi connectivity index (χ4n) is 2.68. The first-order chi connectivity index (χ1) is 9.30. The number of imide groups is 1. The molecule has 0 radical (unpaired) electrons. The Bertz CT molecular complexity index is 563. The van der Waals surface area contributed by atoms with Crippen LogP contribution in [0.2, 0.25) is 0 Å². The third kappa shape index (κ3) is 1.95. The molecule has 1 saturated heterocycles. The lowest BCUT2D eigenvalue weighted by Crippen LogP contribution is -2.61. The monoisotopic (exact) mass is 283 g/mol. The van der Waals surface area contributed by atoms with Gasteiger partial charge in [-0.25, -0.2) is 18.5 Å². The van der Waals surface area contributed by atoms with Crippen molar-refractivity contribution < 1.29 is 23.5 Å². The van der Waals surface area contributed by atoms with Crippen LogP contribution in [-0.2, 0) is 10.3 Å². The van der Waals surface area contributed by atoms with Crippen LogP contribution in [0.1, 0.15) is 25.8 Å². The highest BCUT2D eigenvalue weighted by Gasteiger charge is 2.54. The van der Waals surface area contributed by atoms with Crippen molar-refractivity contribution in [2.24, 2.45) is 5.92 Å². The molecule has 2 amide bonds. The van der Waals surface area contributed by atoms with E-state index in [9.17, 15) is 23.5 Å². The molecule has 1 N–H and O–H groups in total. The van der Waals surface area contributed by atoms with E-state index in [2.05, 4.69) is 0 Å². The highest BCUT2D eigenvalue weighted by atomic mass is 19.1. The molecule has 4 nitrogen and oxygen atoms in total. The van der Waals surface area contributed by atoms with Crippen LogP contribution in [0.15, 0.2) is 24.3 Å². The van der Waals surface area contributed by atoms with Crippen molar-refractivity contribution in [1.29, 1.82) is 0 Å². The number of benzene rings is 1. The van der Waals surface area contributed by atoms with Gasteiger partial charge in [0.05, 0.1) is 0 Å². The van der Waals surface area contributed by atoms with E-state index in [1.54, 1.807) is 0 Å². The number of carbonyl (C=O) groups is 2. The van der Waals surface area contributed by atoms with Gasteiger partial charge < -0.3 is 5.11 Å². The van der Waals surface area contributed by atoms with Gasteiger partial charge in [-0.2, -0.15) is 0 Å². The smallest absolute Gasteiger partial charge is 0.414 e. The fraction of sp³-hybridized carbons (Fsp3) is 0.429. The molecule has 0 aliphatic carbocycles. The summed E-state index contributed by atoms with van der Waals surface area (Å²) in [6, 6.07) is 5.34. The maximum Gasteiger partial charge on any atom is 0.414 e. The van der Waals surface area contributed by atoms with Gasteiger partial charge in [0.2, 0.25) is 5.91 Å². The molecule has 20 heavy (non-hydrogen) atoms. The Morgan fingerprint density at radius 1 is 1.45 bits per heavy atom. The number of hydrogen-bond donors (Lipinski definition) is 1. The van der Waals surface area contributed by atoms with Crippen molar-refractivity contribution in [3.63, 3.8) is 0 Å². The second kappa shape index (κ2) is 4.85. The number of piperidine rings is 1. The summed E-state index contributed by atoms with van der Waals surface area (Å²) in [6.45, 7) is 2.71. The number of halogens is 2. The summed E-state index contributed by atoms with van der Waals surface area (Å²) in [7, 11) is 0. The van der Waals surface area contributed by atoms with Crippen LogP contribution in [0.5, 0.6) is 0 Å². The van der Waals surface area contributed by atoms with E-state index < -0.39 is 35.4 Å². The predicted molar refractivity (Wildman–Crippen MR) is 67.3 cm³/mol. The van der Waals surface area contributed by atoms with Crippen LogP contribution >= 0.6 is 0 Å². The lowest BCUT2D eigenvalue weighted by atomic mass is 9.77. The van der Waals surface area contributed by atoms with Gasteiger partial charge in [-0.15, -0.1) is 0 Å². The maximum absolute atomic E-state index is 14.5. The summed E-state index contributed by atoms with van der Waals surface area (Å²) in [5.74, 6) is -2.19. The Hall–Kier alpha value is -1.98. The average Bonchev–Trinajstić information content (AvgIpc) is 2.36. The summed E-state index contributed by atoms with van der Waals surface area (Å²) in [4.78, 5) is 23.9. The first-order valence-corrected chi connectivity index (χ1v) is 6.26. The molecule has 0 spiro atoms. The van der Waals surface area contributed by atoms with Gasteiger partial charge in [0.1, 0.15) is 17.5 Å². The molecule has 0 bridgehead atoms. The molecular weight excluding hydrogens is 268 g/mol. The van der Waals surface area contributed by atoms with Gasteiger partial charge in [-0.1, -0.05) is 25.1 Å². The number of hydrogen-bond acceptors (Lipinski definition) is 2. The first-order valence-electron chi connectivity index (χ1n) is 6.26. The molecule has 2 rings (SSSR count). The first kappa shape index (κ1) is 14.4. The fourth-order valence-corrected chi connectivity index (χ4v) is 2.68. The summed E-state index contributed by atoms with van der Waals surface area (Å²) in [6.07, 6.45) is -3.37. The van der Waals surface area contributed by atoms with Gasteiger partial charge in [-0.3, -0.25) is 4.79 Å². The number of likely N-dealkylation sites (tertiary alicyclic amines) is 1. The number of amides is 2. The van der Waals surface area contributed by atoms with Crippen LogP contribution < -0.4 is 0 Å². The molecular formula is C14H15F2NO3. The van der Waals surface area contributed by atoms with E-state index in [-0.39, 0.29) is 12.0 Å². The molecule has 108 valence electrons. The zero-order valence-electron chi connectivity index (χ0n) is 11.1. The quantitative estimate of drug-likeness (QED) is 0.862. The zero-order valence-corrected chi connectivity index (χ0v) is 11.1. The van der Waals surface area contributed by atoms with Crippen LogP contribution in [-0.4, -0.2) is 28.2 Å². The van der Waals surface area contributed by atoms with Crippen molar-refractivity contribution in [2.45, 2.75) is 32.0 Å². The molecule has 3 atom stereocenters. The van der Waals surface area contributed by atoms with Gasteiger partial charge >= 0.3 is 6.09 Å². The van der Waals surface area contributed by atoms with E-state index in [1.165, 1.54) is 32.0 Å². The molecule has 0 aromatic heterocycles. The lowest BCUT2D eigenvalue weighted by molar-refractivity contribution is -0.149. The van der Waals surface area contributed by atoms with E-state index in [0.717, 1.165) is 6.07 Å². The molecule has 1 aromatic carbocycles. The molecule has 1 heterocycles. The summed E-state index contributed by atoms with van der Waals surface area (Å²) >= 11 is 0. The molecule has 0 saturated carbocycles. The second-order valence-electron chi connectivity index (χ2n) is 5.19. The van der Waals surface area contributed by atoms with E-state index in [1.807, 2.05) is 0 Å². The Labute approximate surface area is 115 Å². The van der Waals surface area contributed by atoms with Gasteiger partial charge in [0.25, 0.3) is 0 Å². The van der Waals surface area contributed by atoms with Crippen molar-refractivity contribution in [3.05, 3.63) is 35.6 Å². The van der Waals surface area contributed by atoms with Crippen LogP contribution in [0.25, 0.3) is 0 Å². The van der Waals surface area contributed by atoms with E-state index >= 15 is 0 Å². The number of carbonyl (C=O) groups excluding carboxylic acids is 1. The molecule has 3 unspecified atom stereocenters. The van der Waals surface area contributed by atoms with Crippen molar-refractivity contribution in [2.75, 3.05) is 0 Å². The number of nitrogens with zero attached hydrogens (tertiary/aromatic N) is 1. The molecule has 1 fully saturated rings. The lowest BCUT2D eigenvalue weighted by Gasteiger charge is -2.46. The topological polar surface area (TPSA) is 57.6 Å². The molecule has 1 aromatic rings. The maximum atomic E-state index is 14.5. The van der Waals surface area contributed by atoms with E-state index in [0.29, 0.717) is 4.90 Å². The predicted octanol–water partition coefficient (Wildman–Crippen LogP) is 2.93. The molecule has 6 heteroatoms. The van der Waals surface area contributed by atoms with Crippen LogP contribution in [0.4, 0.5) is 13.6 Å². The second-order valence-corrected chi connectivity index (χ2v) is 5.19. The Morgan fingerprint density at radius 3 is 2.60 bits per heavy atom. The highest BCUT2D eigenvalue weighted by Crippen LogP contribution is 2.42. The van der Waals surface area contributed by atoms with Gasteiger partial charge in [0, 0.05) is 11.5 Å². The minimum atomic E-state index is -1.85. The van der Waals surface area contributed by atoms with Gasteiger partial charge in [-0.05, 0) is 19.4 Å². The zero-order chi connectivity index (χ0) is 15.1. The number of rotatable bonds is 1. The average molecular weight is 283 g/mol. The van der Waals surface area contributed by atoms with Crippen molar-refractivity contribution >= 4 is 12.0 Å². The minimum Gasteiger partial charge on any atom is -0.465 e. The van der Waals surface area contributed by atoms with Gasteiger partial charge in [0.15, 0.2) is 0 Å². The minimum absolute atomic E-state index is 0.129. The molecule has 1 aliphatic heterocycles. The Morgan fingerprint density at radius 2 is 2.05 bits per heavy atom. The number of alkyl halides is 1. The Kier molecular flexibility index (Phi) is 3.50. The summed E-state index contributed by atoms with van der Waals surface area (Å²) < 4.78 is 28.5. The third-order valence-electron chi connectivity index (χ3n) is 3.89. The standard InChI is InChI=1S/C14H15F2NO3/c1-8-7-11(16)14(2,17(12(8)18)13(19)20)9-5-3-4-6-10(9)15/h3-6,8,11H,7H2,1-2H3,(H,19,20). The Balaban J connectivity index is 2.63. The molecule has 1 aliphatic rings. The summed E-state index contributed by atoms with van der Waals surface area (Å²) in [5, 5.41) is 9.25. The normalized spacial score (nSPS) is 30.4. The van der Waals surface area contributed by atoms with Crippen molar-refractivity contribution in [3.8, 4) is 0 Å². The van der Waals surface area contributed by atoms with E-state index in [4.69, 9.17) is 0 Å². The largest absolute Gasteiger partial charge is 0.465 e. The van der Waals surface area contributed by atoms with Crippen molar-refractivity contribution in [1.82, 2.24) is 4.90 Å². The van der Waals surface area contributed by atoms with Crippen LogP contribution in [0, 0.1) is 11.7 Å². The number of carboxylic acid groups (broad SMARTS) is 1. The summed E-state index contributed by atoms with van der Waals surface area (Å²) in [5.41, 5.74) is -1.98. The van der Waals surface area contributed by atoms with Crippen LogP contribution in [0.3, 0.4) is 0 Å². The highest BCUT2D eigenvalue weighted by molar-refractivity contribution is 5.94. The SMILES string of the molecule is CC1CC(F)C(C)(c2ccccc2F)N(C(=O)O)C1=O.